The van der Waals surface area contributed by atoms with E-state index in [1.54, 1.807) is 0 Å². The van der Waals surface area contributed by atoms with Gasteiger partial charge in [-0.25, -0.2) is 0 Å². The van der Waals surface area contributed by atoms with E-state index in [-0.39, 0.29) is 0 Å². The maximum atomic E-state index is 5.72. The van der Waals surface area contributed by atoms with Gasteiger partial charge in [0.05, 0.1) is 12.7 Å². The van der Waals surface area contributed by atoms with Crippen LogP contribution in [-0.4, -0.2) is 31.6 Å². The Bertz CT molecular complexity index is 363. The van der Waals surface area contributed by atoms with Gasteiger partial charge in [0.1, 0.15) is 0 Å². The van der Waals surface area contributed by atoms with Crippen LogP contribution in [0.1, 0.15) is 16.7 Å². The minimum Gasteiger partial charge on any atom is -0.375 e. The van der Waals surface area contributed by atoms with Gasteiger partial charge in [-0.2, -0.15) is 0 Å². The molecule has 2 rings (SSSR count). The number of nitrogens with one attached hydrogen (secondary N) is 1. The molecule has 1 aliphatic heterocycles. The van der Waals surface area contributed by atoms with Crippen molar-refractivity contribution < 1.29 is 4.74 Å². The van der Waals surface area contributed by atoms with E-state index in [1.165, 1.54) is 21.6 Å². The van der Waals surface area contributed by atoms with Gasteiger partial charge in [-0.15, -0.1) is 11.8 Å². The van der Waals surface area contributed by atoms with Crippen molar-refractivity contribution in [1.29, 1.82) is 0 Å². The molecule has 1 aliphatic rings. The monoisotopic (exact) mass is 251 g/mol. The molecular weight excluding hydrogens is 230 g/mol. The SMILES string of the molecule is Cc1cc(C)c(SCC2CNCCO2)c(C)c1. The molecule has 0 aromatic heterocycles. The molecule has 1 saturated heterocycles. The average Bonchev–Trinajstić information content (AvgIpc) is 2.29. The Kier molecular flexibility index (Phi) is 4.48. The van der Waals surface area contributed by atoms with E-state index in [1.807, 2.05) is 11.8 Å². The fourth-order valence-corrected chi connectivity index (χ4v) is 3.44. The zero-order chi connectivity index (χ0) is 12.3. The highest BCUT2D eigenvalue weighted by molar-refractivity contribution is 7.99. The number of ether oxygens (including phenoxy) is 1. The predicted molar refractivity (Wildman–Crippen MR) is 74.0 cm³/mol. The molecule has 1 unspecified atom stereocenters. The molecule has 1 fully saturated rings. The fraction of sp³-hybridized carbons (Fsp3) is 0.571. The highest BCUT2D eigenvalue weighted by Crippen LogP contribution is 2.28. The summed E-state index contributed by atoms with van der Waals surface area (Å²) in [6.07, 6.45) is 0.355. The van der Waals surface area contributed by atoms with Gasteiger partial charge in [-0.05, 0) is 31.9 Å². The Morgan fingerprint density at radius 3 is 2.59 bits per heavy atom. The van der Waals surface area contributed by atoms with Crippen molar-refractivity contribution in [1.82, 2.24) is 5.32 Å². The number of hydrogen-bond acceptors (Lipinski definition) is 3. The molecule has 2 nitrogen and oxygen atoms in total. The first kappa shape index (κ1) is 12.9. The molecule has 0 amide bonds. The average molecular weight is 251 g/mol. The Balaban J connectivity index is 1.98. The third kappa shape index (κ3) is 3.47. The van der Waals surface area contributed by atoms with E-state index in [0.717, 1.165) is 25.4 Å². The third-order valence-electron chi connectivity index (χ3n) is 3.02. The topological polar surface area (TPSA) is 21.3 Å². The Morgan fingerprint density at radius 2 is 2.00 bits per heavy atom. The van der Waals surface area contributed by atoms with E-state index in [4.69, 9.17) is 4.74 Å². The first-order valence-electron chi connectivity index (χ1n) is 6.20. The van der Waals surface area contributed by atoms with E-state index in [9.17, 15) is 0 Å². The molecule has 1 N–H and O–H groups in total. The Morgan fingerprint density at radius 1 is 1.29 bits per heavy atom. The lowest BCUT2D eigenvalue weighted by molar-refractivity contribution is 0.0441. The summed E-state index contributed by atoms with van der Waals surface area (Å²) in [5.41, 5.74) is 4.12. The highest BCUT2D eigenvalue weighted by Gasteiger charge is 2.14. The summed E-state index contributed by atoms with van der Waals surface area (Å²) in [7, 11) is 0. The van der Waals surface area contributed by atoms with Crippen LogP contribution in [-0.2, 0) is 4.74 Å². The van der Waals surface area contributed by atoms with Crippen LogP contribution < -0.4 is 5.32 Å². The van der Waals surface area contributed by atoms with Crippen LogP contribution in [0, 0.1) is 20.8 Å². The van der Waals surface area contributed by atoms with E-state index >= 15 is 0 Å². The van der Waals surface area contributed by atoms with Gasteiger partial charge in [0.25, 0.3) is 0 Å². The van der Waals surface area contributed by atoms with Gasteiger partial charge in [0, 0.05) is 23.7 Å². The van der Waals surface area contributed by atoms with Gasteiger partial charge in [0.15, 0.2) is 0 Å². The first-order valence-corrected chi connectivity index (χ1v) is 7.18. The molecule has 0 aliphatic carbocycles. The number of rotatable bonds is 3. The quantitative estimate of drug-likeness (QED) is 0.835. The minimum atomic E-state index is 0.355. The zero-order valence-corrected chi connectivity index (χ0v) is 11.7. The van der Waals surface area contributed by atoms with Crippen LogP contribution in [0.2, 0.25) is 0 Å². The molecule has 1 aromatic carbocycles. The summed E-state index contributed by atoms with van der Waals surface area (Å²) in [5, 5.41) is 3.37. The zero-order valence-electron chi connectivity index (χ0n) is 10.9. The molecule has 0 bridgehead atoms. The summed E-state index contributed by atoms with van der Waals surface area (Å²) < 4.78 is 5.72. The number of hydrogen-bond donors (Lipinski definition) is 1. The second-order valence-corrected chi connectivity index (χ2v) is 5.77. The van der Waals surface area contributed by atoms with Crippen molar-refractivity contribution in [2.24, 2.45) is 0 Å². The van der Waals surface area contributed by atoms with Crippen molar-refractivity contribution in [2.75, 3.05) is 25.4 Å². The second kappa shape index (κ2) is 5.89. The molecule has 17 heavy (non-hydrogen) atoms. The van der Waals surface area contributed by atoms with Gasteiger partial charge < -0.3 is 10.1 Å². The molecule has 94 valence electrons. The molecule has 0 saturated carbocycles. The Labute approximate surface area is 108 Å². The second-order valence-electron chi connectivity index (χ2n) is 4.74. The van der Waals surface area contributed by atoms with Crippen LogP contribution in [0.4, 0.5) is 0 Å². The van der Waals surface area contributed by atoms with E-state index < -0.39 is 0 Å². The van der Waals surface area contributed by atoms with Gasteiger partial charge in [-0.1, -0.05) is 17.7 Å². The lowest BCUT2D eigenvalue weighted by Crippen LogP contribution is -2.39. The molecule has 1 atom stereocenters. The van der Waals surface area contributed by atoms with Crippen molar-refractivity contribution in [3.63, 3.8) is 0 Å². The lowest BCUT2D eigenvalue weighted by Gasteiger charge is -2.23. The first-order chi connectivity index (χ1) is 8.16. The predicted octanol–water partition coefficient (Wildman–Crippen LogP) is 2.69. The van der Waals surface area contributed by atoms with Crippen molar-refractivity contribution >= 4 is 11.8 Å². The van der Waals surface area contributed by atoms with Crippen LogP contribution in [0.15, 0.2) is 17.0 Å². The molecular formula is C14H21NOS. The standard InChI is InChI=1S/C14H21NOS/c1-10-6-11(2)14(12(3)7-10)17-9-13-8-15-4-5-16-13/h6-7,13,15H,4-5,8-9H2,1-3H3. The summed E-state index contributed by atoms with van der Waals surface area (Å²) in [5.74, 6) is 1.04. The number of morpholine rings is 1. The molecule has 0 radical (unpaired) electrons. The number of benzene rings is 1. The maximum absolute atomic E-state index is 5.72. The number of thioether (sulfide) groups is 1. The minimum absolute atomic E-state index is 0.355. The van der Waals surface area contributed by atoms with E-state index in [2.05, 4.69) is 38.2 Å². The summed E-state index contributed by atoms with van der Waals surface area (Å²) >= 11 is 1.92. The van der Waals surface area contributed by atoms with Crippen LogP contribution in [0.5, 0.6) is 0 Å². The molecule has 1 aromatic rings. The Hall–Kier alpha value is -0.510. The smallest absolute Gasteiger partial charge is 0.0793 e. The van der Waals surface area contributed by atoms with Gasteiger partial charge >= 0.3 is 0 Å². The summed E-state index contributed by atoms with van der Waals surface area (Å²) in [6, 6.07) is 4.52. The van der Waals surface area contributed by atoms with Crippen LogP contribution in [0.3, 0.4) is 0 Å². The summed E-state index contributed by atoms with van der Waals surface area (Å²) in [4.78, 5) is 1.42. The van der Waals surface area contributed by atoms with E-state index in [0.29, 0.717) is 6.10 Å². The molecule has 1 heterocycles. The van der Waals surface area contributed by atoms with Crippen LogP contribution >= 0.6 is 11.8 Å². The maximum Gasteiger partial charge on any atom is 0.0793 e. The summed E-state index contributed by atoms with van der Waals surface area (Å²) in [6.45, 7) is 9.37. The van der Waals surface area contributed by atoms with Gasteiger partial charge in [-0.3, -0.25) is 0 Å². The van der Waals surface area contributed by atoms with Crippen molar-refractivity contribution in [2.45, 2.75) is 31.8 Å². The third-order valence-corrected chi connectivity index (χ3v) is 4.49. The highest BCUT2D eigenvalue weighted by atomic mass is 32.2. The normalized spacial score (nSPS) is 20.5. The van der Waals surface area contributed by atoms with Crippen molar-refractivity contribution in [3.05, 3.63) is 28.8 Å². The largest absolute Gasteiger partial charge is 0.375 e. The fourth-order valence-electron chi connectivity index (χ4n) is 2.30. The van der Waals surface area contributed by atoms with Gasteiger partial charge in [0.2, 0.25) is 0 Å². The molecule has 3 heteroatoms. The lowest BCUT2D eigenvalue weighted by atomic mass is 10.1. The number of aryl methyl sites for hydroxylation is 3. The van der Waals surface area contributed by atoms with Crippen molar-refractivity contribution in [3.8, 4) is 0 Å². The molecule has 0 spiro atoms. The van der Waals surface area contributed by atoms with Crippen LogP contribution in [0.25, 0.3) is 0 Å².